The maximum Gasteiger partial charge on any atom is 0.405 e. The van der Waals surface area contributed by atoms with Gasteiger partial charge in [0.05, 0.1) is 10.5 Å². The molecule has 0 aliphatic heterocycles. The van der Waals surface area contributed by atoms with Crippen LogP contribution in [0.15, 0.2) is 0 Å². The Hall–Kier alpha value is -0.840. The number of carbonyl (C=O) groups is 1. The smallest absolute Gasteiger partial charge is 0.405 e. The topological polar surface area (TPSA) is 75.3 Å². The molecule has 0 saturated heterocycles. The maximum atomic E-state index is 10.4. The molecular weight excluding hydrogens is 176 g/mol. The van der Waals surface area contributed by atoms with Gasteiger partial charge in [-0.2, -0.15) is 0 Å². The molecule has 0 aromatic heterocycles. The first-order valence-electron chi connectivity index (χ1n) is 3.88. The van der Waals surface area contributed by atoms with Crippen molar-refractivity contribution in [3.05, 3.63) is 0 Å². The van der Waals surface area contributed by atoms with Gasteiger partial charge in [0.15, 0.2) is 0 Å². The molecule has 0 heterocycles. The van der Waals surface area contributed by atoms with Gasteiger partial charge < -0.3 is 16.2 Å². The van der Waals surface area contributed by atoms with Crippen molar-refractivity contribution in [3.63, 3.8) is 0 Å². The molecule has 1 aliphatic rings. The summed E-state index contributed by atoms with van der Waals surface area (Å²) in [5, 5.41) is 11.0. The molecule has 0 aromatic rings. The normalized spacial score (nSPS) is 20.3. The second-order valence-electron chi connectivity index (χ2n) is 3.08. The van der Waals surface area contributed by atoms with E-state index in [4.69, 9.17) is 23.1 Å². The van der Waals surface area contributed by atoms with Crippen LogP contribution in [-0.2, 0) is 0 Å². The molecule has 0 spiro atoms. The lowest BCUT2D eigenvalue weighted by Crippen LogP contribution is -2.54. The largest absolute Gasteiger partial charge is 0.465 e. The molecule has 0 bridgehead atoms. The Morgan fingerprint density at radius 1 is 1.50 bits per heavy atom. The molecular formula is C7H12N2O2S. The van der Waals surface area contributed by atoms with E-state index in [2.05, 4.69) is 5.32 Å². The third kappa shape index (κ3) is 1.66. The average Bonchev–Trinajstić information content (AvgIpc) is 2.35. The Bertz CT molecular complexity index is 211. The second kappa shape index (κ2) is 3.26. The van der Waals surface area contributed by atoms with E-state index < -0.39 is 11.6 Å². The van der Waals surface area contributed by atoms with Gasteiger partial charge in [0.2, 0.25) is 0 Å². The number of hydrogen-bond acceptors (Lipinski definition) is 2. The number of thiocarbonyl (C=S) groups is 1. The van der Waals surface area contributed by atoms with Crippen molar-refractivity contribution in [2.75, 3.05) is 0 Å². The molecule has 4 N–H and O–H groups in total. The molecule has 5 heteroatoms. The van der Waals surface area contributed by atoms with Crippen molar-refractivity contribution < 1.29 is 9.90 Å². The monoisotopic (exact) mass is 188 g/mol. The molecule has 0 aromatic carbocycles. The first-order chi connectivity index (χ1) is 5.57. The van der Waals surface area contributed by atoms with Gasteiger partial charge in [-0.05, 0) is 12.8 Å². The zero-order valence-electron chi connectivity index (χ0n) is 6.67. The summed E-state index contributed by atoms with van der Waals surface area (Å²) in [6.07, 6.45) is 2.38. The van der Waals surface area contributed by atoms with E-state index in [9.17, 15) is 4.79 Å². The molecule has 0 radical (unpaired) electrons. The maximum absolute atomic E-state index is 10.4. The van der Waals surface area contributed by atoms with Gasteiger partial charge in [0.1, 0.15) is 0 Å². The molecule has 12 heavy (non-hydrogen) atoms. The van der Waals surface area contributed by atoms with E-state index in [1.807, 2.05) is 0 Å². The Balaban J connectivity index is 2.72. The van der Waals surface area contributed by atoms with Gasteiger partial charge in [-0.25, -0.2) is 4.79 Å². The summed E-state index contributed by atoms with van der Waals surface area (Å²) < 4.78 is 0. The third-order valence-corrected chi connectivity index (χ3v) is 2.67. The van der Waals surface area contributed by atoms with Gasteiger partial charge in [0, 0.05) is 0 Å². The van der Waals surface area contributed by atoms with Crippen molar-refractivity contribution in [2.24, 2.45) is 5.73 Å². The van der Waals surface area contributed by atoms with E-state index in [1.54, 1.807) is 0 Å². The Labute approximate surface area is 76.1 Å². The first kappa shape index (κ1) is 9.25. The minimum atomic E-state index is -1.05. The lowest BCUT2D eigenvalue weighted by atomic mass is 9.98. The number of amides is 1. The molecule has 1 fully saturated rings. The lowest BCUT2D eigenvalue weighted by molar-refractivity contribution is 0.186. The molecule has 1 rings (SSSR count). The Morgan fingerprint density at radius 3 is 2.33 bits per heavy atom. The highest BCUT2D eigenvalue weighted by Crippen LogP contribution is 2.29. The summed E-state index contributed by atoms with van der Waals surface area (Å²) in [4.78, 5) is 10.7. The lowest BCUT2D eigenvalue weighted by Gasteiger charge is -2.27. The van der Waals surface area contributed by atoms with Crippen LogP contribution in [-0.4, -0.2) is 21.7 Å². The van der Waals surface area contributed by atoms with Gasteiger partial charge >= 0.3 is 6.09 Å². The fourth-order valence-electron chi connectivity index (χ4n) is 1.62. The molecule has 68 valence electrons. The molecule has 1 amide bonds. The zero-order valence-corrected chi connectivity index (χ0v) is 7.49. The summed E-state index contributed by atoms with van der Waals surface area (Å²) in [6.45, 7) is 0. The van der Waals surface area contributed by atoms with Crippen molar-refractivity contribution in [2.45, 2.75) is 31.2 Å². The predicted molar refractivity (Wildman–Crippen MR) is 49.1 cm³/mol. The number of rotatable bonds is 2. The second-order valence-corrected chi connectivity index (χ2v) is 3.52. The number of hydrogen-bond donors (Lipinski definition) is 3. The van der Waals surface area contributed by atoms with Crippen LogP contribution < -0.4 is 11.1 Å². The van der Waals surface area contributed by atoms with Crippen LogP contribution in [0.2, 0.25) is 0 Å². The van der Waals surface area contributed by atoms with E-state index in [0.29, 0.717) is 0 Å². The quantitative estimate of drug-likeness (QED) is 0.562. The number of nitrogens with one attached hydrogen (secondary N) is 1. The van der Waals surface area contributed by atoms with E-state index in [0.717, 1.165) is 25.7 Å². The van der Waals surface area contributed by atoms with E-state index in [1.165, 1.54) is 0 Å². The molecule has 1 saturated carbocycles. The Morgan fingerprint density at radius 2 is 2.00 bits per heavy atom. The van der Waals surface area contributed by atoms with Crippen LogP contribution in [0.4, 0.5) is 4.79 Å². The highest BCUT2D eigenvalue weighted by atomic mass is 32.1. The SMILES string of the molecule is NC(=S)C1(NC(=O)O)CCCC1. The highest BCUT2D eigenvalue weighted by Gasteiger charge is 2.38. The van der Waals surface area contributed by atoms with E-state index >= 15 is 0 Å². The summed E-state index contributed by atoms with van der Waals surface area (Å²) in [5.74, 6) is 0. The summed E-state index contributed by atoms with van der Waals surface area (Å²) in [6, 6.07) is 0. The Kier molecular flexibility index (Phi) is 2.52. The van der Waals surface area contributed by atoms with Crippen LogP contribution >= 0.6 is 12.2 Å². The van der Waals surface area contributed by atoms with Crippen molar-refractivity contribution >= 4 is 23.3 Å². The first-order valence-corrected chi connectivity index (χ1v) is 4.29. The van der Waals surface area contributed by atoms with Crippen molar-refractivity contribution in [3.8, 4) is 0 Å². The standard InChI is InChI=1S/C7H12N2O2S/c8-5(12)7(9-6(10)11)3-1-2-4-7/h9H,1-4H2,(H2,8,12)(H,10,11). The third-order valence-electron chi connectivity index (χ3n) is 2.27. The van der Waals surface area contributed by atoms with Crippen molar-refractivity contribution in [1.82, 2.24) is 5.32 Å². The fraction of sp³-hybridized carbons (Fsp3) is 0.714. The van der Waals surface area contributed by atoms with Crippen LogP contribution in [0, 0.1) is 0 Å². The molecule has 0 atom stereocenters. The summed E-state index contributed by atoms with van der Waals surface area (Å²) >= 11 is 4.84. The van der Waals surface area contributed by atoms with Gasteiger partial charge in [-0.3, -0.25) is 0 Å². The minimum Gasteiger partial charge on any atom is -0.465 e. The zero-order chi connectivity index (χ0) is 9.19. The fourth-order valence-corrected chi connectivity index (χ4v) is 1.87. The van der Waals surface area contributed by atoms with Crippen LogP contribution in [0.5, 0.6) is 0 Å². The summed E-state index contributed by atoms with van der Waals surface area (Å²) in [5.41, 5.74) is 4.86. The van der Waals surface area contributed by atoms with Crippen LogP contribution in [0.25, 0.3) is 0 Å². The number of carboxylic acid groups (broad SMARTS) is 1. The molecule has 0 unspecified atom stereocenters. The highest BCUT2D eigenvalue weighted by molar-refractivity contribution is 7.80. The van der Waals surface area contributed by atoms with Crippen LogP contribution in [0.3, 0.4) is 0 Å². The van der Waals surface area contributed by atoms with Gasteiger partial charge in [0.25, 0.3) is 0 Å². The predicted octanol–water partition coefficient (Wildman–Crippen LogP) is 0.853. The number of nitrogens with two attached hydrogens (primary N) is 1. The van der Waals surface area contributed by atoms with E-state index in [-0.39, 0.29) is 4.99 Å². The molecule has 4 nitrogen and oxygen atoms in total. The van der Waals surface area contributed by atoms with Gasteiger partial charge in [-0.1, -0.05) is 25.1 Å². The van der Waals surface area contributed by atoms with Crippen LogP contribution in [0.1, 0.15) is 25.7 Å². The molecule has 1 aliphatic carbocycles. The van der Waals surface area contributed by atoms with Crippen molar-refractivity contribution in [1.29, 1.82) is 0 Å². The van der Waals surface area contributed by atoms with Gasteiger partial charge in [-0.15, -0.1) is 0 Å². The average molecular weight is 188 g/mol. The minimum absolute atomic E-state index is 0.266. The summed E-state index contributed by atoms with van der Waals surface area (Å²) in [7, 11) is 0.